The minimum Gasteiger partial charge on any atom is -0.410 e. The molecule has 0 unspecified atom stereocenters. The fraction of sp³-hybridized carbons (Fsp3) is 0.435. The number of aromatic nitrogens is 1. The van der Waals surface area contributed by atoms with E-state index in [0.29, 0.717) is 43.5 Å². The molecule has 0 N–H and O–H groups in total. The molecule has 4 rings (SSSR count). The quantitative estimate of drug-likeness (QED) is 0.637. The van der Waals surface area contributed by atoms with Gasteiger partial charge in [0.05, 0.1) is 6.61 Å². The summed E-state index contributed by atoms with van der Waals surface area (Å²) in [4.78, 5) is 33.3. The van der Waals surface area contributed by atoms with Gasteiger partial charge in [0.1, 0.15) is 23.9 Å². The second-order valence-corrected chi connectivity index (χ2v) is 7.62. The molecule has 1 saturated heterocycles. The molecule has 170 valence electrons. The summed E-state index contributed by atoms with van der Waals surface area (Å²) >= 11 is 0. The molecule has 0 saturated carbocycles. The third-order valence-electron chi connectivity index (χ3n) is 5.54. The van der Waals surface area contributed by atoms with Crippen LogP contribution in [0.25, 0.3) is 0 Å². The van der Waals surface area contributed by atoms with Crippen LogP contribution in [-0.4, -0.2) is 62.4 Å². The molecule has 32 heavy (non-hydrogen) atoms. The Bertz CT molecular complexity index is 964. The van der Waals surface area contributed by atoms with Crippen LogP contribution in [0, 0.1) is 0 Å². The summed E-state index contributed by atoms with van der Waals surface area (Å²) in [6.07, 6.45) is 0.330. The third kappa shape index (κ3) is 4.74. The van der Waals surface area contributed by atoms with Gasteiger partial charge in [0.2, 0.25) is 12.2 Å². The number of para-hydroxylation sites is 1. The molecule has 0 bridgehead atoms. The van der Waals surface area contributed by atoms with Gasteiger partial charge in [-0.25, -0.2) is 9.78 Å². The summed E-state index contributed by atoms with van der Waals surface area (Å²) in [6, 6.07) is 10.9. The molecular weight excluding hydrogens is 414 g/mol. The van der Waals surface area contributed by atoms with Crippen LogP contribution in [0.1, 0.15) is 29.5 Å². The van der Waals surface area contributed by atoms with E-state index in [-0.39, 0.29) is 12.5 Å². The van der Waals surface area contributed by atoms with Gasteiger partial charge >= 0.3 is 6.09 Å². The van der Waals surface area contributed by atoms with Crippen molar-refractivity contribution in [1.82, 2.24) is 9.88 Å². The van der Waals surface area contributed by atoms with Crippen LogP contribution in [0.5, 0.6) is 5.75 Å². The second kappa shape index (κ2) is 10.1. The Labute approximate surface area is 186 Å². The molecule has 2 amide bonds. The Morgan fingerprint density at radius 3 is 2.69 bits per heavy atom. The zero-order chi connectivity index (χ0) is 22.5. The zero-order valence-electron chi connectivity index (χ0n) is 18.3. The number of carbonyl (C=O) groups excluding carboxylic acids is 2. The summed E-state index contributed by atoms with van der Waals surface area (Å²) in [5.74, 6) is 0.932. The molecular formula is C23H27N3O6. The molecule has 2 aliphatic heterocycles. The van der Waals surface area contributed by atoms with Gasteiger partial charge in [-0.2, -0.15) is 0 Å². The summed E-state index contributed by atoms with van der Waals surface area (Å²) < 4.78 is 21.7. The predicted octanol–water partition coefficient (Wildman–Crippen LogP) is 2.68. The standard InChI is InChI=1S/C23H27N3O6/c1-29-22(30-2)20-17(14-25-11-12-31-15-19(25)27)13-16-7-6-10-26(21(16)24-20)23(28)32-18-8-4-3-5-9-18/h3-5,8-9,13,22H,6-7,10-12,14-15H2,1-2H3. The number of amides is 2. The van der Waals surface area contributed by atoms with Crippen LogP contribution in [0.2, 0.25) is 0 Å². The number of hydrogen-bond acceptors (Lipinski definition) is 7. The molecule has 0 spiro atoms. The first-order valence-corrected chi connectivity index (χ1v) is 10.6. The van der Waals surface area contributed by atoms with E-state index in [4.69, 9.17) is 23.9 Å². The first kappa shape index (κ1) is 22.2. The predicted molar refractivity (Wildman–Crippen MR) is 115 cm³/mol. The van der Waals surface area contributed by atoms with Crippen molar-refractivity contribution in [3.63, 3.8) is 0 Å². The minimum absolute atomic E-state index is 0.0700. The molecule has 0 aliphatic carbocycles. The average Bonchev–Trinajstić information content (AvgIpc) is 2.81. The second-order valence-electron chi connectivity index (χ2n) is 7.62. The number of aryl methyl sites for hydroxylation is 1. The van der Waals surface area contributed by atoms with Gasteiger partial charge in [0.25, 0.3) is 0 Å². The number of hydrogen-bond donors (Lipinski definition) is 0. The third-order valence-corrected chi connectivity index (χ3v) is 5.54. The highest BCUT2D eigenvalue weighted by Gasteiger charge is 2.30. The number of fused-ring (bicyclic) bond motifs is 1. The highest BCUT2D eigenvalue weighted by Crippen LogP contribution is 2.32. The van der Waals surface area contributed by atoms with E-state index in [1.165, 1.54) is 14.2 Å². The van der Waals surface area contributed by atoms with Crippen molar-refractivity contribution in [2.75, 3.05) is 45.4 Å². The van der Waals surface area contributed by atoms with Gasteiger partial charge in [-0.15, -0.1) is 0 Å². The van der Waals surface area contributed by atoms with Gasteiger partial charge in [-0.1, -0.05) is 18.2 Å². The van der Waals surface area contributed by atoms with Crippen LogP contribution >= 0.6 is 0 Å². The molecule has 9 nitrogen and oxygen atoms in total. The maximum Gasteiger partial charge on any atom is 0.420 e. The van der Waals surface area contributed by atoms with E-state index in [9.17, 15) is 9.59 Å². The fourth-order valence-electron chi connectivity index (χ4n) is 3.95. The van der Waals surface area contributed by atoms with E-state index in [1.807, 2.05) is 24.3 Å². The monoisotopic (exact) mass is 441 g/mol. The first-order chi connectivity index (χ1) is 15.6. The lowest BCUT2D eigenvalue weighted by Crippen LogP contribution is -2.42. The van der Waals surface area contributed by atoms with E-state index in [2.05, 4.69) is 0 Å². The highest BCUT2D eigenvalue weighted by molar-refractivity contribution is 5.89. The number of morpholine rings is 1. The molecule has 0 radical (unpaired) electrons. The van der Waals surface area contributed by atoms with Gasteiger partial charge in [-0.05, 0) is 42.2 Å². The summed E-state index contributed by atoms with van der Waals surface area (Å²) in [6.45, 7) is 1.95. The number of methoxy groups -OCH3 is 2. The van der Waals surface area contributed by atoms with Crippen LogP contribution in [0.4, 0.5) is 10.6 Å². The Kier molecular flexibility index (Phi) is 6.99. The Hall–Kier alpha value is -3.01. The van der Waals surface area contributed by atoms with E-state index >= 15 is 0 Å². The molecule has 2 aliphatic rings. The Morgan fingerprint density at radius 1 is 1.19 bits per heavy atom. The SMILES string of the molecule is COC(OC)c1nc2c(cc1CN1CCOCC1=O)CCCN2C(=O)Oc1ccccc1. The van der Waals surface area contributed by atoms with E-state index < -0.39 is 12.4 Å². The Balaban J connectivity index is 1.67. The van der Waals surface area contributed by atoms with Gasteiger partial charge in [0.15, 0.2) is 0 Å². The number of benzene rings is 1. The molecule has 0 atom stereocenters. The number of rotatable bonds is 6. The molecule has 1 aromatic carbocycles. The van der Waals surface area contributed by atoms with Crippen molar-refractivity contribution in [2.24, 2.45) is 0 Å². The molecule has 2 aromatic rings. The van der Waals surface area contributed by atoms with Gasteiger partial charge in [0, 0.05) is 33.9 Å². The lowest BCUT2D eigenvalue weighted by Gasteiger charge is -2.32. The maximum atomic E-state index is 12.9. The van der Waals surface area contributed by atoms with Crippen molar-refractivity contribution in [2.45, 2.75) is 25.7 Å². The number of pyridine rings is 1. The molecule has 1 fully saturated rings. The lowest BCUT2D eigenvalue weighted by atomic mass is 10.0. The molecule has 1 aromatic heterocycles. The van der Waals surface area contributed by atoms with Crippen molar-refractivity contribution in [3.05, 3.63) is 53.2 Å². The number of anilines is 1. The van der Waals surface area contributed by atoms with E-state index in [0.717, 1.165) is 24.0 Å². The maximum absolute atomic E-state index is 12.9. The smallest absolute Gasteiger partial charge is 0.410 e. The fourth-order valence-corrected chi connectivity index (χ4v) is 3.95. The Morgan fingerprint density at radius 2 is 1.97 bits per heavy atom. The summed E-state index contributed by atoms with van der Waals surface area (Å²) in [5.41, 5.74) is 2.28. The van der Waals surface area contributed by atoms with Crippen molar-refractivity contribution in [1.29, 1.82) is 0 Å². The minimum atomic E-state index is -0.736. The van der Waals surface area contributed by atoms with Crippen LogP contribution in [0.15, 0.2) is 36.4 Å². The topological polar surface area (TPSA) is 90.4 Å². The number of carbonyl (C=O) groups is 2. The van der Waals surface area contributed by atoms with Crippen molar-refractivity contribution < 1.29 is 28.5 Å². The first-order valence-electron chi connectivity index (χ1n) is 10.6. The van der Waals surface area contributed by atoms with E-state index in [1.54, 1.807) is 21.9 Å². The average molecular weight is 441 g/mol. The summed E-state index contributed by atoms with van der Waals surface area (Å²) in [5, 5.41) is 0. The molecule has 3 heterocycles. The number of nitrogens with zero attached hydrogens (tertiary/aromatic N) is 3. The normalized spacial score (nSPS) is 16.3. The molecule has 9 heteroatoms. The van der Waals surface area contributed by atoms with Gasteiger partial charge < -0.3 is 23.8 Å². The van der Waals surface area contributed by atoms with Gasteiger partial charge in [-0.3, -0.25) is 9.69 Å². The van der Waals surface area contributed by atoms with Crippen LogP contribution in [-0.2, 0) is 32.0 Å². The number of ether oxygens (including phenoxy) is 4. The summed E-state index contributed by atoms with van der Waals surface area (Å²) in [7, 11) is 3.06. The van der Waals surface area contributed by atoms with Crippen LogP contribution < -0.4 is 9.64 Å². The van der Waals surface area contributed by atoms with Crippen LogP contribution in [0.3, 0.4) is 0 Å². The largest absolute Gasteiger partial charge is 0.420 e. The lowest BCUT2D eigenvalue weighted by molar-refractivity contribution is -0.143. The zero-order valence-corrected chi connectivity index (χ0v) is 18.3. The van der Waals surface area contributed by atoms with Crippen molar-refractivity contribution in [3.8, 4) is 5.75 Å². The van der Waals surface area contributed by atoms with Crippen molar-refractivity contribution >= 4 is 17.8 Å². The highest BCUT2D eigenvalue weighted by atomic mass is 16.7.